The van der Waals surface area contributed by atoms with Crippen LogP contribution in [0.1, 0.15) is 22.2 Å². The number of non-ortho nitro benzene ring substituents is 1. The number of carbonyl (C=O) groups is 2. The lowest BCUT2D eigenvalue weighted by Crippen LogP contribution is -2.29. The summed E-state index contributed by atoms with van der Waals surface area (Å²) < 4.78 is 13.3. The Hall–Kier alpha value is -3.99. The molecule has 1 fully saturated rings. The smallest absolute Gasteiger partial charge is 0.301 e. The van der Waals surface area contributed by atoms with Crippen molar-refractivity contribution in [2.45, 2.75) is 13.0 Å². The predicted octanol–water partition coefficient (Wildman–Crippen LogP) is 3.52. The van der Waals surface area contributed by atoms with Crippen LogP contribution in [-0.4, -0.2) is 31.9 Å². The van der Waals surface area contributed by atoms with Crippen molar-refractivity contribution in [2.24, 2.45) is 0 Å². The molecule has 156 valence electrons. The van der Waals surface area contributed by atoms with E-state index in [2.05, 4.69) is 10.2 Å². The van der Waals surface area contributed by atoms with Crippen molar-refractivity contribution in [3.63, 3.8) is 0 Å². The van der Waals surface area contributed by atoms with Gasteiger partial charge in [-0.1, -0.05) is 11.3 Å². The molecule has 0 bridgehead atoms. The van der Waals surface area contributed by atoms with Crippen molar-refractivity contribution in [3.05, 3.63) is 86.2 Å². The third-order valence-corrected chi connectivity index (χ3v) is 5.54. The highest BCUT2D eigenvalue weighted by atomic mass is 32.1. The second-order valence-corrected chi connectivity index (χ2v) is 7.79. The van der Waals surface area contributed by atoms with Gasteiger partial charge in [0.05, 0.1) is 16.5 Å². The Morgan fingerprint density at radius 3 is 2.32 bits per heavy atom. The molecule has 4 rings (SSSR count). The van der Waals surface area contributed by atoms with E-state index in [9.17, 15) is 29.2 Å². The largest absolute Gasteiger partial charge is 0.507 e. The molecule has 1 atom stereocenters. The van der Waals surface area contributed by atoms with Crippen LogP contribution in [0, 0.1) is 22.9 Å². The zero-order chi connectivity index (χ0) is 22.3. The summed E-state index contributed by atoms with van der Waals surface area (Å²) in [6.07, 6.45) is 0. The molecule has 9 nitrogen and oxygen atoms in total. The maximum absolute atomic E-state index is 13.3. The minimum atomic E-state index is -1.10. The van der Waals surface area contributed by atoms with E-state index in [-0.39, 0.29) is 22.0 Å². The number of aliphatic hydroxyl groups is 1. The molecule has 1 aliphatic heterocycles. The normalized spacial score (nSPS) is 17.9. The monoisotopic (exact) mass is 440 g/mol. The number of nitro groups is 1. The number of aromatic nitrogens is 2. The van der Waals surface area contributed by atoms with Gasteiger partial charge in [-0.2, -0.15) is 0 Å². The average Bonchev–Trinajstić information content (AvgIpc) is 3.29. The molecule has 2 aromatic carbocycles. The van der Waals surface area contributed by atoms with Crippen LogP contribution in [0.25, 0.3) is 5.76 Å². The van der Waals surface area contributed by atoms with Crippen molar-refractivity contribution < 1.29 is 24.0 Å². The summed E-state index contributed by atoms with van der Waals surface area (Å²) in [5, 5.41) is 30.4. The van der Waals surface area contributed by atoms with Gasteiger partial charge in [0, 0.05) is 17.7 Å². The molecule has 0 aliphatic carbocycles. The van der Waals surface area contributed by atoms with Crippen LogP contribution in [0.3, 0.4) is 0 Å². The fourth-order valence-electron chi connectivity index (χ4n) is 3.27. The third-order valence-electron chi connectivity index (χ3n) is 4.70. The number of carbonyl (C=O) groups excluding carboxylic acids is 2. The summed E-state index contributed by atoms with van der Waals surface area (Å²) in [5.41, 5.74) is 0.0744. The number of aryl methyl sites for hydroxylation is 1. The van der Waals surface area contributed by atoms with Crippen molar-refractivity contribution in [3.8, 4) is 0 Å². The third kappa shape index (κ3) is 3.55. The Morgan fingerprint density at radius 2 is 1.77 bits per heavy atom. The number of rotatable bonds is 4. The van der Waals surface area contributed by atoms with Crippen LogP contribution >= 0.6 is 11.3 Å². The summed E-state index contributed by atoms with van der Waals surface area (Å²) in [6.45, 7) is 1.68. The highest BCUT2D eigenvalue weighted by Gasteiger charge is 2.48. The molecule has 31 heavy (non-hydrogen) atoms. The van der Waals surface area contributed by atoms with Crippen LogP contribution in [0.4, 0.5) is 15.2 Å². The van der Waals surface area contributed by atoms with Gasteiger partial charge in [0.1, 0.15) is 16.6 Å². The zero-order valence-corrected chi connectivity index (χ0v) is 16.7. The predicted molar refractivity (Wildman–Crippen MR) is 109 cm³/mol. The van der Waals surface area contributed by atoms with Crippen LogP contribution in [0.2, 0.25) is 0 Å². The quantitative estimate of drug-likeness (QED) is 0.216. The standard InChI is InChI=1S/C20H13FN4O5S/c1-10-22-23-20(31-10)24-16(11-4-8-14(9-5-11)25(29)30)15(18(27)19(24)28)17(26)12-2-6-13(21)7-3-12/h2-9,16,26H,1H3/b17-15+. The number of ketones is 1. The molecule has 3 aromatic rings. The number of nitrogens with zero attached hydrogens (tertiary/aromatic N) is 4. The summed E-state index contributed by atoms with van der Waals surface area (Å²) in [7, 11) is 0. The Balaban J connectivity index is 1.92. The molecule has 11 heteroatoms. The first-order valence-corrected chi connectivity index (χ1v) is 9.71. The second kappa shape index (κ2) is 7.69. The molecule has 0 radical (unpaired) electrons. The number of hydrogen-bond donors (Lipinski definition) is 1. The van der Waals surface area contributed by atoms with Gasteiger partial charge >= 0.3 is 5.91 Å². The van der Waals surface area contributed by atoms with E-state index in [1.54, 1.807) is 6.92 Å². The van der Waals surface area contributed by atoms with Crippen molar-refractivity contribution in [2.75, 3.05) is 4.90 Å². The number of hydrogen-bond acceptors (Lipinski definition) is 8. The molecule has 1 amide bonds. The van der Waals surface area contributed by atoms with E-state index < -0.39 is 34.2 Å². The molecule has 2 heterocycles. The Kier molecular flexibility index (Phi) is 5.03. The van der Waals surface area contributed by atoms with E-state index in [1.165, 1.54) is 36.4 Å². The topological polar surface area (TPSA) is 127 Å². The number of amides is 1. The fourth-order valence-corrected chi connectivity index (χ4v) is 3.98. The van der Waals surface area contributed by atoms with E-state index in [0.29, 0.717) is 10.6 Å². The van der Waals surface area contributed by atoms with Crippen molar-refractivity contribution >= 4 is 39.6 Å². The highest BCUT2D eigenvalue weighted by molar-refractivity contribution is 7.15. The first-order valence-electron chi connectivity index (χ1n) is 8.89. The average molecular weight is 440 g/mol. The zero-order valence-electron chi connectivity index (χ0n) is 15.9. The van der Waals surface area contributed by atoms with Gasteiger partial charge in [-0.05, 0) is 48.9 Å². The summed E-state index contributed by atoms with van der Waals surface area (Å²) in [4.78, 5) is 37.3. The molecule has 0 spiro atoms. The van der Waals surface area contributed by atoms with Gasteiger partial charge in [0.2, 0.25) is 5.13 Å². The number of nitro benzene ring substituents is 1. The van der Waals surface area contributed by atoms with Gasteiger partial charge in [-0.25, -0.2) is 4.39 Å². The maximum Gasteiger partial charge on any atom is 0.301 e. The second-order valence-electron chi connectivity index (χ2n) is 6.63. The Bertz CT molecular complexity index is 1240. The Morgan fingerprint density at radius 1 is 1.13 bits per heavy atom. The SMILES string of the molecule is Cc1nnc(N2C(=O)C(=O)/C(=C(/O)c3ccc(F)cc3)C2c2ccc([N+](=O)[O-])cc2)s1. The van der Waals surface area contributed by atoms with Crippen LogP contribution in [0.5, 0.6) is 0 Å². The molecule has 1 saturated heterocycles. The minimum absolute atomic E-state index is 0.139. The summed E-state index contributed by atoms with van der Waals surface area (Å²) in [6, 6.07) is 8.94. The maximum atomic E-state index is 13.3. The lowest BCUT2D eigenvalue weighted by Gasteiger charge is -2.22. The van der Waals surface area contributed by atoms with Crippen LogP contribution in [0.15, 0.2) is 54.1 Å². The van der Waals surface area contributed by atoms with E-state index >= 15 is 0 Å². The first-order chi connectivity index (χ1) is 14.8. The lowest BCUT2D eigenvalue weighted by molar-refractivity contribution is -0.384. The molecular formula is C20H13FN4O5S. The van der Waals surface area contributed by atoms with E-state index in [4.69, 9.17) is 0 Å². The summed E-state index contributed by atoms with van der Waals surface area (Å²) >= 11 is 1.08. The molecule has 1 aliphatic rings. The summed E-state index contributed by atoms with van der Waals surface area (Å²) in [5.74, 6) is -2.92. The van der Waals surface area contributed by atoms with Gasteiger partial charge in [-0.15, -0.1) is 10.2 Å². The van der Waals surface area contributed by atoms with Crippen molar-refractivity contribution in [1.29, 1.82) is 0 Å². The van der Waals surface area contributed by atoms with Gasteiger partial charge in [-0.3, -0.25) is 24.6 Å². The number of benzene rings is 2. The molecule has 1 unspecified atom stereocenters. The lowest BCUT2D eigenvalue weighted by atomic mass is 9.95. The van der Waals surface area contributed by atoms with Gasteiger partial charge in [0.15, 0.2) is 0 Å². The van der Waals surface area contributed by atoms with E-state index in [1.807, 2.05) is 0 Å². The van der Waals surface area contributed by atoms with Crippen LogP contribution < -0.4 is 4.90 Å². The molecular weight excluding hydrogens is 427 g/mol. The van der Waals surface area contributed by atoms with Gasteiger partial charge in [0.25, 0.3) is 11.5 Å². The number of halogens is 1. The van der Waals surface area contributed by atoms with Crippen molar-refractivity contribution in [1.82, 2.24) is 10.2 Å². The highest BCUT2D eigenvalue weighted by Crippen LogP contribution is 2.43. The number of anilines is 1. The molecule has 1 aromatic heterocycles. The van der Waals surface area contributed by atoms with Crippen LogP contribution in [-0.2, 0) is 9.59 Å². The first kappa shape index (κ1) is 20.3. The minimum Gasteiger partial charge on any atom is -0.507 e. The van der Waals surface area contributed by atoms with Gasteiger partial charge < -0.3 is 5.11 Å². The van der Waals surface area contributed by atoms with E-state index in [0.717, 1.165) is 28.4 Å². The molecule has 0 saturated carbocycles. The number of Topliss-reactive ketones (excluding diaryl/α,β-unsaturated/α-hetero) is 1. The fraction of sp³-hybridized carbons (Fsp3) is 0.100. The molecule has 1 N–H and O–H groups in total. The Labute approximate surface area is 178 Å². The number of aliphatic hydroxyl groups excluding tert-OH is 1.